The lowest BCUT2D eigenvalue weighted by molar-refractivity contribution is 0.437. The Morgan fingerprint density at radius 1 is 1.24 bits per heavy atom. The monoisotopic (exact) mass is 259 g/mol. The van der Waals surface area contributed by atoms with Gasteiger partial charge in [0.15, 0.2) is 0 Å². The Kier molecular flexibility index (Phi) is 5.92. The summed E-state index contributed by atoms with van der Waals surface area (Å²) in [6, 6.07) is 3.91. The minimum absolute atomic E-state index is 0.128. The lowest BCUT2D eigenvalue weighted by atomic mass is 10.1. The summed E-state index contributed by atoms with van der Waals surface area (Å²) in [4.78, 5) is 0. The molecule has 2 atom stereocenters. The van der Waals surface area contributed by atoms with Gasteiger partial charge in [-0.1, -0.05) is 6.07 Å². The van der Waals surface area contributed by atoms with E-state index in [1.54, 1.807) is 18.7 Å². The van der Waals surface area contributed by atoms with Gasteiger partial charge in [-0.25, -0.2) is 8.78 Å². The molecule has 0 aliphatic rings. The van der Waals surface area contributed by atoms with E-state index in [2.05, 4.69) is 5.32 Å². The quantitative estimate of drug-likeness (QED) is 0.835. The first-order valence-corrected chi connectivity index (χ1v) is 7.14. The molecule has 2 unspecified atom stereocenters. The molecule has 1 rings (SSSR count). The van der Waals surface area contributed by atoms with E-state index in [1.165, 1.54) is 18.2 Å². The fraction of sp³-hybridized carbons (Fsp3) is 0.538. The molecule has 1 nitrogen and oxygen atoms in total. The van der Waals surface area contributed by atoms with Gasteiger partial charge < -0.3 is 5.32 Å². The first kappa shape index (κ1) is 14.5. The van der Waals surface area contributed by atoms with Crippen molar-refractivity contribution in [3.63, 3.8) is 0 Å². The summed E-state index contributed by atoms with van der Waals surface area (Å²) in [6.45, 7) is 3.82. The van der Waals surface area contributed by atoms with Crippen molar-refractivity contribution >= 4 is 11.8 Å². The Bertz CT molecular complexity index is 337. The molecule has 0 heterocycles. The van der Waals surface area contributed by atoms with E-state index in [0.29, 0.717) is 0 Å². The third-order valence-electron chi connectivity index (χ3n) is 2.72. The van der Waals surface area contributed by atoms with Crippen molar-refractivity contribution in [2.24, 2.45) is 0 Å². The van der Waals surface area contributed by atoms with E-state index >= 15 is 0 Å². The molecular weight excluding hydrogens is 240 g/mol. The van der Waals surface area contributed by atoms with Crippen LogP contribution < -0.4 is 5.32 Å². The Balaban J connectivity index is 2.66. The second-order valence-corrected chi connectivity index (χ2v) is 5.19. The summed E-state index contributed by atoms with van der Waals surface area (Å²) in [5.74, 6) is 0.0739. The summed E-state index contributed by atoms with van der Waals surface area (Å²) in [5, 5.41) is 3.22. The minimum atomic E-state index is -0.484. The molecule has 1 N–H and O–H groups in total. The molecular formula is C13H19F2NS. The molecule has 0 fully saturated rings. The number of benzene rings is 1. The molecule has 0 aliphatic heterocycles. The molecule has 4 heteroatoms. The Hall–Kier alpha value is -0.610. The van der Waals surface area contributed by atoms with Crippen LogP contribution >= 0.6 is 11.8 Å². The molecule has 0 saturated heterocycles. The topological polar surface area (TPSA) is 12.0 Å². The van der Waals surface area contributed by atoms with Gasteiger partial charge in [-0.3, -0.25) is 0 Å². The Labute approximate surface area is 106 Å². The van der Waals surface area contributed by atoms with Crippen LogP contribution in [0.15, 0.2) is 18.2 Å². The third-order valence-corrected chi connectivity index (χ3v) is 3.37. The maximum atomic E-state index is 13.5. The van der Waals surface area contributed by atoms with E-state index in [-0.39, 0.29) is 17.6 Å². The van der Waals surface area contributed by atoms with Crippen LogP contribution in [0.3, 0.4) is 0 Å². The van der Waals surface area contributed by atoms with Gasteiger partial charge >= 0.3 is 0 Å². The highest BCUT2D eigenvalue weighted by Gasteiger charge is 2.17. The summed E-state index contributed by atoms with van der Waals surface area (Å²) in [5.41, 5.74) is 0.128. The summed E-state index contributed by atoms with van der Waals surface area (Å²) in [6.07, 6.45) is 3.04. The smallest absolute Gasteiger partial charge is 0.130 e. The molecule has 0 aliphatic carbocycles. The maximum absolute atomic E-state index is 13.5. The molecule has 96 valence electrons. The van der Waals surface area contributed by atoms with Gasteiger partial charge in [0.05, 0.1) is 0 Å². The Morgan fingerprint density at radius 2 is 1.82 bits per heavy atom. The zero-order valence-corrected chi connectivity index (χ0v) is 11.3. The maximum Gasteiger partial charge on any atom is 0.130 e. The third kappa shape index (κ3) is 4.28. The highest BCUT2D eigenvalue weighted by Crippen LogP contribution is 2.21. The normalized spacial score (nSPS) is 14.6. The van der Waals surface area contributed by atoms with Crippen molar-refractivity contribution in [3.8, 4) is 0 Å². The van der Waals surface area contributed by atoms with Crippen molar-refractivity contribution in [2.75, 3.05) is 12.0 Å². The van der Waals surface area contributed by atoms with Gasteiger partial charge in [-0.15, -0.1) is 0 Å². The number of rotatable bonds is 6. The highest BCUT2D eigenvalue weighted by atomic mass is 32.2. The zero-order chi connectivity index (χ0) is 12.8. The molecule has 0 radical (unpaired) electrons. The average molecular weight is 259 g/mol. The summed E-state index contributed by atoms with van der Waals surface area (Å²) in [7, 11) is 0. The number of nitrogens with one attached hydrogen (secondary N) is 1. The van der Waals surface area contributed by atoms with Crippen molar-refractivity contribution < 1.29 is 8.78 Å². The van der Waals surface area contributed by atoms with Gasteiger partial charge in [-0.05, 0) is 44.4 Å². The molecule has 0 aromatic heterocycles. The molecule has 0 spiro atoms. The second kappa shape index (κ2) is 6.97. The summed E-state index contributed by atoms with van der Waals surface area (Å²) < 4.78 is 27.0. The van der Waals surface area contributed by atoms with Crippen molar-refractivity contribution in [3.05, 3.63) is 35.4 Å². The highest BCUT2D eigenvalue weighted by molar-refractivity contribution is 7.98. The van der Waals surface area contributed by atoms with E-state index in [9.17, 15) is 8.78 Å². The fourth-order valence-electron chi connectivity index (χ4n) is 1.81. The van der Waals surface area contributed by atoms with Crippen molar-refractivity contribution in [2.45, 2.75) is 32.4 Å². The zero-order valence-electron chi connectivity index (χ0n) is 10.5. The SMILES string of the molecule is CSCCC(C)NC(C)c1c(F)cccc1F. The van der Waals surface area contributed by atoms with Gasteiger partial charge in [0.25, 0.3) is 0 Å². The van der Waals surface area contributed by atoms with Crippen LogP contribution in [-0.2, 0) is 0 Å². The molecule has 0 saturated carbocycles. The lowest BCUT2D eigenvalue weighted by Crippen LogP contribution is -2.30. The van der Waals surface area contributed by atoms with E-state index < -0.39 is 11.6 Å². The van der Waals surface area contributed by atoms with Gasteiger partial charge in [0, 0.05) is 17.6 Å². The van der Waals surface area contributed by atoms with E-state index in [0.717, 1.165) is 12.2 Å². The number of hydrogen-bond donors (Lipinski definition) is 1. The molecule has 1 aromatic carbocycles. The van der Waals surface area contributed by atoms with Crippen molar-refractivity contribution in [1.29, 1.82) is 0 Å². The van der Waals surface area contributed by atoms with Crippen LogP contribution in [-0.4, -0.2) is 18.1 Å². The number of hydrogen-bond acceptors (Lipinski definition) is 2. The first-order chi connectivity index (χ1) is 8.06. The van der Waals surface area contributed by atoms with Crippen LogP contribution in [0, 0.1) is 11.6 Å². The number of halogens is 2. The Morgan fingerprint density at radius 3 is 2.35 bits per heavy atom. The first-order valence-electron chi connectivity index (χ1n) is 5.75. The van der Waals surface area contributed by atoms with Crippen molar-refractivity contribution in [1.82, 2.24) is 5.32 Å². The molecule has 1 aromatic rings. The standard InChI is InChI=1S/C13H19F2NS/c1-9(7-8-17-3)16-10(2)13-11(14)5-4-6-12(13)15/h4-6,9-10,16H,7-8H2,1-3H3. The van der Waals surface area contributed by atoms with Gasteiger partial charge in [0.2, 0.25) is 0 Å². The van der Waals surface area contributed by atoms with E-state index in [1.807, 2.05) is 13.2 Å². The lowest BCUT2D eigenvalue weighted by Gasteiger charge is -2.21. The predicted octanol–water partition coefficient (Wildman–Crippen LogP) is 3.76. The predicted molar refractivity (Wildman–Crippen MR) is 70.4 cm³/mol. The van der Waals surface area contributed by atoms with Gasteiger partial charge in [-0.2, -0.15) is 11.8 Å². The van der Waals surface area contributed by atoms with Crippen LogP contribution in [0.2, 0.25) is 0 Å². The fourth-order valence-corrected chi connectivity index (χ4v) is 2.40. The molecule has 0 bridgehead atoms. The molecule has 17 heavy (non-hydrogen) atoms. The van der Waals surface area contributed by atoms with Crippen LogP contribution in [0.1, 0.15) is 31.9 Å². The van der Waals surface area contributed by atoms with Gasteiger partial charge in [0.1, 0.15) is 11.6 Å². The largest absolute Gasteiger partial charge is 0.307 e. The minimum Gasteiger partial charge on any atom is -0.307 e. The average Bonchev–Trinajstić information content (AvgIpc) is 2.26. The number of thioether (sulfide) groups is 1. The van der Waals surface area contributed by atoms with Crippen LogP contribution in [0.5, 0.6) is 0 Å². The molecule has 0 amide bonds. The van der Waals surface area contributed by atoms with E-state index in [4.69, 9.17) is 0 Å². The van der Waals surface area contributed by atoms with Crippen LogP contribution in [0.25, 0.3) is 0 Å². The second-order valence-electron chi connectivity index (χ2n) is 4.21. The summed E-state index contributed by atoms with van der Waals surface area (Å²) >= 11 is 1.77. The van der Waals surface area contributed by atoms with Crippen LogP contribution in [0.4, 0.5) is 8.78 Å².